The topological polar surface area (TPSA) is 77.7 Å². The molecule has 0 aliphatic carbocycles. The Morgan fingerprint density at radius 3 is 1.85 bits per heavy atom. The summed E-state index contributed by atoms with van der Waals surface area (Å²) < 4.78 is 30.9. The Morgan fingerprint density at radius 2 is 1.12 bits per heavy atom. The van der Waals surface area contributed by atoms with Gasteiger partial charge in [0.05, 0.1) is 44.0 Å². The Bertz CT molecular complexity index is 2220. The molecule has 6 nitrogen and oxygen atoms in total. The molecule has 0 fully saturated rings. The van der Waals surface area contributed by atoms with Crippen LogP contribution in [-0.2, 0) is 9.84 Å². The monoisotopic (exact) mass is 536 g/mol. The Kier molecular flexibility index (Phi) is 4.81. The largest absolute Gasteiger partial charge is 0.290 e. The molecule has 40 heavy (non-hydrogen) atoms. The normalized spacial score (nSPS) is 13.4. The molecule has 1 aliphatic heterocycles. The van der Waals surface area contributed by atoms with E-state index in [1.807, 2.05) is 114 Å². The molecule has 0 unspecified atom stereocenters. The van der Waals surface area contributed by atoms with Gasteiger partial charge in [-0.2, -0.15) is 0 Å². The molecule has 5 aromatic carbocycles. The van der Waals surface area contributed by atoms with Gasteiger partial charge in [-0.25, -0.2) is 23.4 Å². The van der Waals surface area contributed by atoms with Crippen molar-refractivity contribution in [3.63, 3.8) is 0 Å². The van der Waals surface area contributed by atoms with Crippen LogP contribution in [-0.4, -0.2) is 27.9 Å². The minimum atomic E-state index is -3.94. The zero-order chi connectivity index (χ0) is 26.8. The van der Waals surface area contributed by atoms with Crippen molar-refractivity contribution in [2.45, 2.75) is 9.79 Å². The van der Waals surface area contributed by atoms with Crippen molar-refractivity contribution >= 4 is 31.9 Å². The number of sulfone groups is 1. The average molecular weight is 537 g/mol. The molecule has 3 heterocycles. The maximum atomic E-state index is 14.4. The second-order valence-corrected chi connectivity index (χ2v) is 11.5. The van der Waals surface area contributed by atoms with E-state index in [4.69, 9.17) is 15.0 Å². The van der Waals surface area contributed by atoms with Crippen LogP contribution < -0.4 is 0 Å². The summed E-state index contributed by atoms with van der Waals surface area (Å²) in [6.07, 6.45) is 0. The first kappa shape index (κ1) is 22.8. The van der Waals surface area contributed by atoms with Crippen molar-refractivity contribution in [2.24, 2.45) is 0 Å². The maximum Gasteiger partial charge on any atom is 0.211 e. The first-order valence-electron chi connectivity index (χ1n) is 12.9. The second-order valence-electron chi connectivity index (χ2n) is 9.69. The van der Waals surface area contributed by atoms with Crippen LogP contribution in [0.3, 0.4) is 0 Å². The minimum Gasteiger partial charge on any atom is -0.290 e. The summed E-state index contributed by atoms with van der Waals surface area (Å²) in [4.78, 5) is 15.3. The van der Waals surface area contributed by atoms with Gasteiger partial charge in [0.1, 0.15) is 10.7 Å². The molecule has 0 N–H and O–H groups in total. The Morgan fingerprint density at radius 1 is 0.525 bits per heavy atom. The second kappa shape index (κ2) is 8.43. The van der Waals surface area contributed by atoms with Crippen molar-refractivity contribution < 1.29 is 8.42 Å². The number of rotatable bonds is 3. The molecule has 0 radical (unpaired) electrons. The predicted molar refractivity (Wildman–Crippen MR) is 156 cm³/mol. The molecule has 0 atom stereocenters. The fraction of sp³-hybridized carbons (Fsp3) is 0. The standard InChI is InChI=1S/C33H20N4O2S/c38-40(39)28-20-10-18-26-31(28)37(33(36-26)22-13-5-2-6-14-22)27-19-9-15-23(32(27)40)30-29(21-11-3-1-4-12-21)34-24-16-7-8-17-25(24)35-30/h1-20H. The molecule has 0 amide bonds. The van der Waals surface area contributed by atoms with Crippen LogP contribution >= 0.6 is 0 Å². The van der Waals surface area contributed by atoms with Gasteiger partial charge in [0.25, 0.3) is 0 Å². The number of hydrogen-bond acceptors (Lipinski definition) is 5. The van der Waals surface area contributed by atoms with Crippen LogP contribution in [0.2, 0.25) is 0 Å². The van der Waals surface area contributed by atoms with E-state index in [1.54, 1.807) is 12.1 Å². The molecule has 0 spiro atoms. The number of imidazole rings is 1. The van der Waals surface area contributed by atoms with Gasteiger partial charge in [0.2, 0.25) is 9.84 Å². The molecule has 0 bridgehead atoms. The van der Waals surface area contributed by atoms with E-state index in [2.05, 4.69) is 0 Å². The number of nitrogens with zero attached hydrogens (tertiary/aromatic N) is 4. The highest BCUT2D eigenvalue weighted by molar-refractivity contribution is 7.92. The van der Waals surface area contributed by atoms with Crippen LogP contribution in [0.5, 0.6) is 0 Å². The molecule has 7 aromatic rings. The van der Waals surface area contributed by atoms with E-state index in [0.29, 0.717) is 45.0 Å². The van der Waals surface area contributed by atoms with Crippen LogP contribution in [0.4, 0.5) is 0 Å². The lowest BCUT2D eigenvalue weighted by Gasteiger charge is -2.24. The van der Waals surface area contributed by atoms with Crippen molar-refractivity contribution in [3.8, 4) is 39.6 Å². The van der Waals surface area contributed by atoms with Gasteiger partial charge in [-0.3, -0.25) is 4.57 Å². The molecular weight excluding hydrogens is 516 g/mol. The molecular formula is C33H20N4O2S. The Labute approximate surface area is 230 Å². The highest BCUT2D eigenvalue weighted by Gasteiger charge is 2.36. The summed E-state index contributed by atoms with van der Waals surface area (Å²) in [5.41, 5.74) is 6.60. The van der Waals surface area contributed by atoms with Crippen molar-refractivity contribution in [1.29, 1.82) is 0 Å². The highest BCUT2D eigenvalue weighted by Crippen LogP contribution is 2.46. The fourth-order valence-electron chi connectivity index (χ4n) is 5.59. The average Bonchev–Trinajstić information content (AvgIpc) is 3.40. The highest BCUT2D eigenvalue weighted by atomic mass is 32.2. The van der Waals surface area contributed by atoms with E-state index < -0.39 is 9.84 Å². The maximum absolute atomic E-state index is 14.4. The number of benzene rings is 5. The van der Waals surface area contributed by atoms with Gasteiger partial charge >= 0.3 is 0 Å². The first-order chi connectivity index (χ1) is 19.6. The van der Waals surface area contributed by atoms with Crippen molar-refractivity contribution in [2.75, 3.05) is 0 Å². The summed E-state index contributed by atoms with van der Waals surface area (Å²) in [7, 11) is -3.94. The number of aromatic nitrogens is 4. The SMILES string of the molecule is O=S1(=O)c2c(-c3nc4ccccc4nc3-c3ccccc3)cccc2-n2c(-c3ccccc3)nc3cccc1c32. The lowest BCUT2D eigenvalue weighted by atomic mass is 10.0. The first-order valence-corrected chi connectivity index (χ1v) is 14.4. The molecule has 0 saturated carbocycles. The summed E-state index contributed by atoms with van der Waals surface area (Å²) in [5, 5.41) is 0. The summed E-state index contributed by atoms with van der Waals surface area (Å²) in [6.45, 7) is 0. The van der Waals surface area contributed by atoms with Crippen LogP contribution in [0.25, 0.3) is 61.7 Å². The predicted octanol–water partition coefficient (Wildman–Crippen LogP) is 7.12. The van der Waals surface area contributed by atoms with Crippen LogP contribution in [0.15, 0.2) is 131 Å². The van der Waals surface area contributed by atoms with Gasteiger partial charge in [0, 0.05) is 16.7 Å². The Balaban J connectivity index is 1.51. The smallest absolute Gasteiger partial charge is 0.211 e. The third-order valence-corrected chi connectivity index (χ3v) is 9.21. The third-order valence-electron chi connectivity index (χ3n) is 7.34. The molecule has 1 aliphatic rings. The lowest BCUT2D eigenvalue weighted by Crippen LogP contribution is -2.16. The summed E-state index contributed by atoms with van der Waals surface area (Å²) >= 11 is 0. The van der Waals surface area contributed by atoms with Gasteiger partial charge in [-0.05, 0) is 30.3 Å². The molecule has 8 rings (SSSR count). The van der Waals surface area contributed by atoms with Crippen LogP contribution in [0, 0.1) is 0 Å². The van der Waals surface area contributed by atoms with Crippen molar-refractivity contribution in [1.82, 2.24) is 19.5 Å². The quantitative estimate of drug-likeness (QED) is 0.240. The zero-order valence-electron chi connectivity index (χ0n) is 21.1. The van der Waals surface area contributed by atoms with E-state index in [0.717, 1.165) is 16.6 Å². The van der Waals surface area contributed by atoms with E-state index in [-0.39, 0.29) is 9.79 Å². The summed E-state index contributed by atoms with van der Waals surface area (Å²) in [5.74, 6) is 0.684. The van der Waals surface area contributed by atoms with Gasteiger partial charge < -0.3 is 0 Å². The zero-order valence-corrected chi connectivity index (χ0v) is 21.9. The van der Waals surface area contributed by atoms with E-state index >= 15 is 0 Å². The number of para-hydroxylation sites is 3. The van der Waals surface area contributed by atoms with Crippen LogP contribution in [0.1, 0.15) is 0 Å². The molecule has 0 saturated heterocycles. The van der Waals surface area contributed by atoms with Gasteiger partial charge in [-0.15, -0.1) is 0 Å². The van der Waals surface area contributed by atoms with Gasteiger partial charge in [0.15, 0.2) is 0 Å². The molecule has 190 valence electrons. The lowest BCUT2D eigenvalue weighted by molar-refractivity contribution is 0.595. The number of fused-ring (bicyclic) bond motifs is 3. The fourth-order valence-corrected chi connectivity index (χ4v) is 7.41. The third kappa shape index (κ3) is 3.21. The van der Waals surface area contributed by atoms with Gasteiger partial charge in [-0.1, -0.05) is 91.0 Å². The van der Waals surface area contributed by atoms with E-state index in [9.17, 15) is 8.42 Å². The van der Waals surface area contributed by atoms with E-state index in [1.165, 1.54) is 0 Å². The van der Waals surface area contributed by atoms with Crippen molar-refractivity contribution in [3.05, 3.63) is 121 Å². The minimum absolute atomic E-state index is 0.201. The molecule has 2 aromatic heterocycles. The molecule has 7 heteroatoms. The Hall–Kier alpha value is -5.14. The number of hydrogen-bond donors (Lipinski definition) is 0. The summed E-state index contributed by atoms with van der Waals surface area (Å²) in [6, 6.07) is 38.1.